The van der Waals surface area contributed by atoms with Crippen LogP contribution in [0.15, 0.2) is 54.6 Å². The zero-order chi connectivity index (χ0) is 16.4. The zero-order valence-electron chi connectivity index (χ0n) is 11.7. The van der Waals surface area contributed by atoms with E-state index in [0.717, 1.165) is 11.3 Å². The fourth-order valence-electron chi connectivity index (χ4n) is 2.01. The van der Waals surface area contributed by atoms with Crippen molar-refractivity contribution in [3.05, 3.63) is 80.1 Å². The fraction of sp³-hybridized carbons (Fsp3) is 0. The zero-order valence-corrected chi connectivity index (χ0v) is 12.5. The van der Waals surface area contributed by atoms with Gasteiger partial charge in [0.2, 0.25) is 10.6 Å². The molecule has 2 aromatic carbocycles. The van der Waals surface area contributed by atoms with Gasteiger partial charge in [0.05, 0.1) is 10.6 Å². The normalized spacial score (nSPS) is 10.4. The lowest BCUT2D eigenvalue weighted by atomic mass is 10.1. The van der Waals surface area contributed by atoms with Crippen LogP contribution in [-0.4, -0.2) is 20.5 Å². The average Bonchev–Trinajstić information content (AvgIpc) is 2.97. The Morgan fingerprint density at radius 2 is 1.91 bits per heavy atom. The van der Waals surface area contributed by atoms with Crippen LogP contribution in [0.1, 0.15) is 15.4 Å². The molecule has 0 bridgehead atoms. The van der Waals surface area contributed by atoms with Crippen molar-refractivity contribution >= 4 is 22.8 Å². The standard InChI is InChI=1S/C15H10N4O3S/c16-15-18(11-7-4-8-12(9-11)19(21)22)17-14(23-15)13(20)10-5-2-1-3-6-10/h1-9,16H. The second kappa shape index (κ2) is 5.93. The number of hydrogen-bond acceptors (Lipinski definition) is 6. The van der Waals surface area contributed by atoms with Gasteiger partial charge < -0.3 is 0 Å². The highest BCUT2D eigenvalue weighted by Crippen LogP contribution is 2.17. The Morgan fingerprint density at radius 3 is 2.61 bits per heavy atom. The summed E-state index contributed by atoms with van der Waals surface area (Å²) in [6, 6.07) is 14.4. The van der Waals surface area contributed by atoms with Crippen LogP contribution in [0.3, 0.4) is 0 Å². The molecule has 3 aromatic rings. The van der Waals surface area contributed by atoms with Crippen molar-refractivity contribution < 1.29 is 9.72 Å². The van der Waals surface area contributed by atoms with E-state index in [1.807, 2.05) is 0 Å². The van der Waals surface area contributed by atoms with E-state index >= 15 is 0 Å². The number of carbonyl (C=O) groups excluding carboxylic acids is 1. The number of nitro benzene ring substituents is 1. The Morgan fingerprint density at radius 1 is 1.17 bits per heavy atom. The predicted octanol–water partition coefficient (Wildman–Crippen LogP) is 2.55. The molecule has 0 aliphatic carbocycles. The van der Waals surface area contributed by atoms with Crippen LogP contribution in [-0.2, 0) is 0 Å². The van der Waals surface area contributed by atoms with Gasteiger partial charge >= 0.3 is 0 Å². The molecule has 3 rings (SSSR count). The van der Waals surface area contributed by atoms with E-state index in [4.69, 9.17) is 5.41 Å². The second-order valence-corrected chi connectivity index (χ2v) is 5.57. The van der Waals surface area contributed by atoms with Gasteiger partial charge in [-0.3, -0.25) is 20.3 Å². The molecule has 0 aliphatic rings. The van der Waals surface area contributed by atoms with Crippen molar-refractivity contribution in [3.8, 4) is 5.69 Å². The van der Waals surface area contributed by atoms with E-state index in [-0.39, 0.29) is 21.3 Å². The molecule has 114 valence electrons. The predicted molar refractivity (Wildman–Crippen MR) is 83.8 cm³/mol. The first-order valence-electron chi connectivity index (χ1n) is 6.55. The van der Waals surface area contributed by atoms with Gasteiger partial charge in [-0.1, -0.05) is 47.7 Å². The lowest BCUT2D eigenvalue weighted by Crippen LogP contribution is -2.12. The molecule has 1 aromatic heterocycles. The molecule has 0 atom stereocenters. The number of carbonyl (C=O) groups is 1. The van der Waals surface area contributed by atoms with Gasteiger partial charge in [-0.05, 0) is 6.07 Å². The van der Waals surface area contributed by atoms with E-state index in [2.05, 4.69) is 5.10 Å². The van der Waals surface area contributed by atoms with Crippen LogP contribution in [0.5, 0.6) is 0 Å². The highest BCUT2D eigenvalue weighted by Gasteiger charge is 2.16. The molecule has 23 heavy (non-hydrogen) atoms. The quantitative estimate of drug-likeness (QED) is 0.452. The number of ketones is 1. The third-order valence-corrected chi connectivity index (χ3v) is 3.92. The van der Waals surface area contributed by atoms with Gasteiger partial charge in [0.15, 0.2) is 5.01 Å². The molecule has 7 nitrogen and oxygen atoms in total. The second-order valence-electron chi connectivity index (χ2n) is 4.60. The summed E-state index contributed by atoms with van der Waals surface area (Å²) in [5, 5.41) is 23.1. The number of nitrogens with zero attached hydrogens (tertiary/aromatic N) is 3. The Balaban J connectivity index is 2.02. The maximum Gasteiger partial charge on any atom is 0.271 e. The van der Waals surface area contributed by atoms with Crippen LogP contribution >= 0.6 is 11.3 Å². The molecule has 0 fully saturated rings. The van der Waals surface area contributed by atoms with Crippen molar-refractivity contribution in [2.45, 2.75) is 0 Å². The number of rotatable bonds is 4. The van der Waals surface area contributed by atoms with E-state index in [9.17, 15) is 14.9 Å². The van der Waals surface area contributed by atoms with Crippen molar-refractivity contribution in [1.29, 1.82) is 5.41 Å². The molecule has 0 spiro atoms. The van der Waals surface area contributed by atoms with E-state index in [1.54, 1.807) is 36.4 Å². The number of hydrogen-bond donors (Lipinski definition) is 1. The van der Waals surface area contributed by atoms with Gasteiger partial charge in [-0.2, -0.15) is 5.10 Å². The summed E-state index contributed by atoms with van der Waals surface area (Å²) in [6.45, 7) is 0. The molecule has 1 heterocycles. The summed E-state index contributed by atoms with van der Waals surface area (Å²) in [4.78, 5) is 22.7. The molecule has 1 N–H and O–H groups in total. The average molecular weight is 326 g/mol. The minimum Gasteiger partial charge on any atom is -0.286 e. The maximum atomic E-state index is 12.4. The van der Waals surface area contributed by atoms with Crippen molar-refractivity contribution in [2.24, 2.45) is 0 Å². The number of nitro groups is 1. The molecule has 0 unspecified atom stereocenters. The Labute approximate surface area is 134 Å². The molecule has 0 aliphatic heterocycles. The minimum absolute atomic E-state index is 0.0183. The van der Waals surface area contributed by atoms with Gasteiger partial charge in [0.1, 0.15) is 0 Å². The summed E-state index contributed by atoms with van der Waals surface area (Å²) >= 11 is 0.926. The smallest absolute Gasteiger partial charge is 0.271 e. The van der Waals surface area contributed by atoms with E-state index in [1.165, 1.54) is 22.9 Å². The summed E-state index contributed by atoms with van der Waals surface area (Å²) in [7, 11) is 0. The Hall–Kier alpha value is -3.13. The minimum atomic E-state index is -0.518. The topological polar surface area (TPSA) is 102 Å². The van der Waals surface area contributed by atoms with E-state index in [0.29, 0.717) is 11.3 Å². The number of benzene rings is 2. The number of nitrogens with one attached hydrogen (secondary N) is 1. The van der Waals surface area contributed by atoms with Crippen molar-refractivity contribution in [2.75, 3.05) is 0 Å². The summed E-state index contributed by atoms with van der Waals surface area (Å²) in [5.41, 5.74) is 0.748. The molecule has 0 saturated heterocycles. The highest BCUT2D eigenvalue weighted by atomic mass is 32.1. The molecule has 0 amide bonds. The van der Waals surface area contributed by atoms with Gasteiger partial charge in [0.25, 0.3) is 5.69 Å². The molecule has 0 radical (unpaired) electrons. The first kappa shape index (κ1) is 14.8. The highest BCUT2D eigenvalue weighted by molar-refractivity contribution is 7.11. The number of non-ortho nitro benzene ring substituents is 1. The fourth-order valence-corrected chi connectivity index (χ4v) is 2.76. The van der Waals surface area contributed by atoms with Crippen LogP contribution in [0.4, 0.5) is 5.69 Å². The van der Waals surface area contributed by atoms with E-state index < -0.39 is 4.92 Å². The van der Waals surface area contributed by atoms with Crippen LogP contribution in [0, 0.1) is 15.5 Å². The third kappa shape index (κ3) is 2.92. The first-order valence-corrected chi connectivity index (χ1v) is 7.37. The van der Waals surface area contributed by atoms with Crippen LogP contribution in [0.25, 0.3) is 5.69 Å². The Kier molecular flexibility index (Phi) is 3.82. The summed E-state index contributed by atoms with van der Waals surface area (Å²) in [6.07, 6.45) is 0. The Bertz CT molecular complexity index is 947. The van der Waals surface area contributed by atoms with Gasteiger partial charge in [-0.25, -0.2) is 4.68 Å². The maximum absolute atomic E-state index is 12.4. The SMILES string of the molecule is N=c1sc(C(=O)c2ccccc2)nn1-c1cccc([N+](=O)[O-])c1. The lowest BCUT2D eigenvalue weighted by molar-refractivity contribution is -0.384. The van der Waals surface area contributed by atoms with Gasteiger partial charge in [-0.15, -0.1) is 0 Å². The van der Waals surface area contributed by atoms with Crippen molar-refractivity contribution in [1.82, 2.24) is 9.78 Å². The van der Waals surface area contributed by atoms with Crippen molar-refractivity contribution in [3.63, 3.8) is 0 Å². The third-order valence-electron chi connectivity index (χ3n) is 3.09. The van der Waals surface area contributed by atoms with Gasteiger partial charge in [0, 0.05) is 17.7 Å². The molecule has 0 saturated carbocycles. The summed E-state index contributed by atoms with van der Waals surface area (Å²) in [5.74, 6) is -0.284. The first-order chi connectivity index (χ1) is 11.1. The number of aromatic nitrogens is 2. The summed E-state index contributed by atoms with van der Waals surface area (Å²) < 4.78 is 1.22. The lowest BCUT2D eigenvalue weighted by Gasteiger charge is -2.00. The monoisotopic (exact) mass is 326 g/mol. The van der Waals surface area contributed by atoms with Crippen LogP contribution in [0.2, 0.25) is 0 Å². The largest absolute Gasteiger partial charge is 0.286 e. The molecular formula is C15H10N4O3S. The molecular weight excluding hydrogens is 316 g/mol. The van der Waals surface area contributed by atoms with Crippen LogP contribution < -0.4 is 4.80 Å². The molecule has 8 heteroatoms.